The summed E-state index contributed by atoms with van der Waals surface area (Å²) in [5.74, 6) is 1.43. The van der Waals surface area contributed by atoms with Crippen molar-refractivity contribution >= 4 is 0 Å². The van der Waals surface area contributed by atoms with Crippen LogP contribution < -0.4 is 10.1 Å². The molecule has 21 heavy (non-hydrogen) atoms. The normalized spacial score (nSPS) is 25.8. The second kappa shape index (κ2) is 7.14. The minimum Gasteiger partial charge on any atom is -0.504 e. The molecule has 0 aliphatic heterocycles. The SMILES string of the molecule is CCC1CCC(O)(CNCc2cccc(OC)c2O)CC1. The van der Waals surface area contributed by atoms with Gasteiger partial charge in [0.05, 0.1) is 12.7 Å². The Labute approximate surface area is 127 Å². The molecule has 2 rings (SSSR count). The van der Waals surface area contributed by atoms with E-state index in [1.807, 2.05) is 12.1 Å². The molecule has 0 heterocycles. The summed E-state index contributed by atoms with van der Waals surface area (Å²) in [6.07, 6.45) is 5.16. The Kier molecular flexibility index (Phi) is 5.48. The van der Waals surface area contributed by atoms with Crippen LogP contribution in [0.1, 0.15) is 44.6 Å². The van der Waals surface area contributed by atoms with Gasteiger partial charge in [0.1, 0.15) is 0 Å². The second-order valence-electron chi connectivity index (χ2n) is 6.15. The van der Waals surface area contributed by atoms with Crippen molar-refractivity contribution in [3.63, 3.8) is 0 Å². The van der Waals surface area contributed by atoms with Gasteiger partial charge < -0.3 is 20.3 Å². The molecule has 0 atom stereocenters. The summed E-state index contributed by atoms with van der Waals surface area (Å²) < 4.78 is 5.10. The molecule has 1 aromatic rings. The first-order valence-corrected chi connectivity index (χ1v) is 7.86. The van der Waals surface area contributed by atoms with Crippen LogP contribution in [0, 0.1) is 5.92 Å². The highest BCUT2D eigenvalue weighted by Gasteiger charge is 2.32. The van der Waals surface area contributed by atoms with Crippen LogP contribution in [0.3, 0.4) is 0 Å². The zero-order chi connectivity index (χ0) is 15.3. The number of hydrogen-bond donors (Lipinski definition) is 3. The Balaban J connectivity index is 1.84. The zero-order valence-corrected chi connectivity index (χ0v) is 13.1. The van der Waals surface area contributed by atoms with Crippen LogP contribution in [0.5, 0.6) is 11.5 Å². The van der Waals surface area contributed by atoms with E-state index in [0.717, 1.165) is 37.2 Å². The van der Waals surface area contributed by atoms with Crippen molar-refractivity contribution in [2.24, 2.45) is 5.92 Å². The van der Waals surface area contributed by atoms with E-state index in [-0.39, 0.29) is 5.75 Å². The van der Waals surface area contributed by atoms with Gasteiger partial charge in [-0.15, -0.1) is 0 Å². The molecule has 0 amide bonds. The molecular formula is C17H27NO3. The van der Waals surface area contributed by atoms with Crippen molar-refractivity contribution in [1.82, 2.24) is 5.32 Å². The monoisotopic (exact) mass is 293 g/mol. The van der Waals surface area contributed by atoms with E-state index in [1.54, 1.807) is 13.2 Å². The fraction of sp³-hybridized carbons (Fsp3) is 0.647. The molecule has 4 heteroatoms. The average molecular weight is 293 g/mol. The third-order valence-corrected chi connectivity index (χ3v) is 4.69. The molecule has 1 aliphatic rings. The van der Waals surface area contributed by atoms with Crippen molar-refractivity contribution in [2.75, 3.05) is 13.7 Å². The van der Waals surface area contributed by atoms with E-state index in [2.05, 4.69) is 12.2 Å². The number of phenolic OH excluding ortho intramolecular Hbond substituents is 1. The first kappa shape index (κ1) is 16.1. The smallest absolute Gasteiger partial charge is 0.162 e. The van der Waals surface area contributed by atoms with Crippen LogP contribution >= 0.6 is 0 Å². The molecule has 1 fully saturated rings. The van der Waals surface area contributed by atoms with Gasteiger partial charge in [-0.1, -0.05) is 25.5 Å². The fourth-order valence-electron chi connectivity index (χ4n) is 3.10. The van der Waals surface area contributed by atoms with Crippen LogP contribution in [0.25, 0.3) is 0 Å². The molecule has 3 N–H and O–H groups in total. The van der Waals surface area contributed by atoms with Gasteiger partial charge in [0.2, 0.25) is 0 Å². The maximum absolute atomic E-state index is 10.6. The predicted molar refractivity (Wildman–Crippen MR) is 83.6 cm³/mol. The number of benzene rings is 1. The van der Waals surface area contributed by atoms with Gasteiger partial charge >= 0.3 is 0 Å². The van der Waals surface area contributed by atoms with E-state index in [9.17, 15) is 10.2 Å². The quantitative estimate of drug-likeness (QED) is 0.755. The molecule has 118 valence electrons. The minimum atomic E-state index is -0.597. The van der Waals surface area contributed by atoms with Crippen LogP contribution in [-0.2, 0) is 6.54 Å². The van der Waals surface area contributed by atoms with Crippen molar-refractivity contribution in [1.29, 1.82) is 0 Å². The lowest BCUT2D eigenvalue weighted by Crippen LogP contribution is -2.43. The molecule has 1 aromatic carbocycles. The Morgan fingerprint density at radius 1 is 1.33 bits per heavy atom. The number of para-hydroxylation sites is 1. The first-order chi connectivity index (χ1) is 10.1. The molecule has 0 aromatic heterocycles. The minimum absolute atomic E-state index is 0.175. The largest absolute Gasteiger partial charge is 0.504 e. The molecule has 4 nitrogen and oxygen atoms in total. The average Bonchev–Trinajstić information content (AvgIpc) is 2.50. The van der Waals surface area contributed by atoms with Gasteiger partial charge in [-0.2, -0.15) is 0 Å². The maximum atomic E-state index is 10.6. The van der Waals surface area contributed by atoms with Gasteiger partial charge in [-0.05, 0) is 37.7 Å². The summed E-state index contributed by atoms with van der Waals surface area (Å²) in [7, 11) is 1.54. The molecular weight excluding hydrogens is 266 g/mol. The number of hydrogen-bond acceptors (Lipinski definition) is 4. The molecule has 0 bridgehead atoms. The van der Waals surface area contributed by atoms with Crippen molar-refractivity contribution in [3.8, 4) is 11.5 Å². The van der Waals surface area contributed by atoms with Gasteiger partial charge in [0, 0.05) is 18.7 Å². The van der Waals surface area contributed by atoms with Crippen LogP contribution in [0.15, 0.2) is 18.2 Å². The highest BCUT2D eigenvalue weighted by atomic mass is 16.5. The number of rotatable bonds is 6. The number of nitrogens with one attached hydrogen (secondary N) is 1. The molecule has 0 unspecified atom stereocenters. The number of methoxy groups -OCH3 is 1. The Bertz CT molecular complexity index is 453. The van der Waals surface area contributed by atoms with E-state index >= 15 is 0 Å². The molecule has 1 saturated carbocycles. The van der Waals surface area contributed by atoms with Crippen LogP contribution in [0.4, 0.5) is 0 Å². The standard InChI is InChI=1S/C17H27NO3/c1-3-13-7-9-17(20,10-8-13)12-18-11-14-5-4-6-15(21-2)16(14)19/h4-6,13,18-20H,3,7-12H2,1-2H3. The number of aromatic hydroxyl groups is 1. The number of phenols is 1. The Morgan fingerprint density at radius 3 is 2.67 bits per heavy atom. The summed E-state index contributed by atoms with van der Waals surface area (Å²) in [6, 6.07) is 5.46. The van der Waals surface area contributed by atoms with E-state index in [0.29, 0.717) is 18.8 Å². The first-order valence-electron chi connectivity index (χ1n) is 7.86. The summed E-state index contributed by atoms with van der Waals surface area (Å²) in [6.45, 7) is 3.32. The lowest BCUT2D eigenvalue weighted by molar-refractivity contribution is -0.00884. The van der Waals surface area contributed by atoms with Crippen LogP contribution in [-0.4, -0.2) is 29.5 Å². The highest BCUT2D eigenvalue weighted by molar-refractivity contribution is 5.45. The summed E-state index contributed by atoms with van der Waals surface area (Å²) >= 11 is 0. The molecule has 1 aliphatic carbocycles. The summed E-state index contributed by atoms with van der Waals surface area (Å²) in [5.41, 5.74) is 0.195. The predicted octanol–water partition coefficient (Wildman–Crippen LogP) is 2.82. The lowest BCUT2D eigenvalue weighted by Gasteiger charge is -2.36. The summed E-state index contributed by atoms with van der Waals surface area (Å²) in [4.78, 5) is 0. The molecule has 0 saturated heterocycles. The van der Waals surface area contributed by atoms with E-state index in [4.69, 9.17) is 4.74 Å². The number of aliphatic hydroxyl groups is 1. The van der Waals surface area contributed by atoms with Gasteiger partial charge in [0.25, 0.3) is 0 Å². The zero-order valence-electron chi connectivity index (χ0n) is 13.1. The summed E-state index contributed by atoms with van der Waals surface area (Å²) in [5, 5.41) is 23.9. The van der Waals surface area contributed by atoms with Gasteiger partial charge in [-0.25, -0.2) is 0 Å². The Hall–Kier alpha value is -1.26. The van der Waals surface area contributed by atoms with Crippen molar-refractivity contribution in [2.45, 2.75) is 51.2 Å². The number of ether oxygens (including phenoxy) is 1. The topological polar surface area (TPSA) is 61.7 Å². The third kappa shape index (κ3) is 4.11. The molecule has 0 radical (unpaired) electrons. The maximum Gasteiger partial charge on any atom is 0.162 e. The van der Waals surface area contributed by atoms with E-state index < -0.39 is 5.60 Å². The van der Waals surface area contributed by atoms with Crippen molar-refractivity contribution < 1.29 is 14.9 Å². The lowest BCUT2D eigenvalue weighted by atomic mass is 9.78. The van der Waals surface area contributed by atoms with Gasteiger partial charge in [-0.3, -0.25) is 0 Å². The molecule has 0 spiro atoms. The Morgan fingerprint density at radius 2 is 2.05 bits per heavy atom. The van der Waals surface area contributed by atoms with E-state index in [1.165, 1.54) is 6.42 Å². The van der Waals surface area contributed by atoms with Crippen LogP contribution in [0.2, 0.25) is 0 Å². The highest BCUT2D eigenvalue weighted by Crippen LogP contribution is 2.33. The fourth-order valence-corrected chi connectivity index (χ4v) is 3.10. The van der Waals surface area contributed by atoms with Gasteiger partial charge in [0.15, 0.2) is 11.5 Å². The van der Waals surface area contributed by atoms with Crippen molar-refractivity contribution in [3.05, 3.63) is 23.8 Å². The third-order valence-electron chi connectivity index (χ3n) is 4.69. The second-order valence-corrected chi connectivity index (χ2v) is 6.15.